The molecule has 2 aromatic rings. The summed E-state index contributed by atoms with van der Waals surface area (Å²) in [5.74, 6) is 0. The molecule has 0 fully saturated rings. The number of rotatable bonds is 2. The Kier molecular flexibility index (Phi) is 4.71. The Morgan fingerprint density at radius 2 is 0.867 bits per heavy atom. The number of halogens is 1. The molecular formula is C12H11BrN2. The molecule has 0 atom stereocenters. The molecule has 0 radical (unpaired) electrons. The van der Waals surface area contributed by atoms with Crippen LogP contribution in [-0.4, -0.2) is 0 Å². The second-order valence-electron chi connectivity index (χ2n) is 2.87. The average molecular weight is 263 g/mol. The molecular weight excluding hydrogens is 252 g/mol. The molecule has 15 heavy (non-hydrogen) atoms. The highest BCUT2D eigenvalue weighted by molar-refractivity contribution is 8.93. The minimum absolute atomic E-state index is 0. The molecule has 0 spiro atoms. The minimum Gasteiger partial charge on any atom is -0.151 e. The van der Waals surface area contributed by atoms with Gasteiger partial charge in [-0.3, -0.25) is 0 Å². The number of benzene rings is 2. The summed E-state index contributed by atoms with van der Waals surface area (Å²) < 4.78 is 0. The molecule has 2 nitrogen and oxygen atoms in total. The van der Waals surface area contributed by atoms with Crippen molar-refractivity contribution in [2.45, 2.75) is 0 Å². The van der Waals surface area contributed by atoms with Gasteiger partial charge >= 0.3 is 0 Å². The van der Waals surface area contributed by atoms with E-state index in [2.05, 4.69) is 10.2 Å². The molecule has 3 heteroatoms. The SMILES string of the molecule is Br.c1ccc(N=Nc2ccccc2)cc1. The molecule has 2 aromatic carbocycles. The van der Waals surface area contributed by atoms with Gasteiger partial charge in [0.05, 0.1) is 11.4 Å². The first-order chi connectivity index (χ1) is 6.95. The van der Waals surface area contributed by atoms with Crippen molar-refractivity contribution in [3.8, 4) is 0 Å². The topological polar surface area (TPSA) is 24.7 Å². The van der Waals surface area contributed by atoms with Gasteiger partial charge in [-0.05, 0) is 24.3 Å². The van der Waals surface area contributed by atoms with Crippen molar-refractivity contribution in [3.05, 3.63) is 60.7 Å². The van der Waals surface area contributed by atoms with Crippen molar-refractivity contribution < 1.29 is 0 Å². The summed E-state index contributed by atoms with van der Waals surface area (Å²) >= 11 is 0. The van der Waals surface area contributed by atoms with Crippen LogP contribution in [0.2, 0.25) is 0 Å². The lowest BCUT2D eigenvalue weighted by atomic mass is 10.3. The van der Waals surface area contributed by atoms with Crippen LogP contribution in [0.4, 0.5) is 11.4 Å². The summed E-state index contributed by atoms with van der Waals surface area (Å²) in [6.45, 7) is 0. The maximum atomic E-state index is 4.10. The highest BCUT2D eigenvalue weighted by Gasteiger charge is 1.86. The molecule has 0 aliphatic heterocycles. The van der Waals surface area contributed by atoms with Gasteiger partial charge in [-0.1, -0.05) is 36.4 Å². The predicted molar refractivity (Wildman–Crippen MR) is 67.4 cm³/mol. The third-order valence-corrected chi connectivity index (χ3v) is 1.79. The van der Waals surface area contributed by atoms with Crippen molar-refractivity contribution in [2.24, 2.45) is 10.2 Å². The first-order valence-electron chi connectivity index (χ1n) is 4.47. The zero-order chi connectivity index (χ0) is 9.64. The molecule has 0 saturated carbocycles. The van der Waals surface area contributed by atoms with E-state index in [1.54, 1.807) is 0 Å². The quantitative estimate of drug-likeness (QED) is 0.703. The van der Waals surface area contributed by atoms with E-state index in [1.165, 1.54) is 0 Å². The first-order valence-corrected chi connectivity index (χ1v) is 4.47. The van der Waals surface area contributed by atoms with Crippen LogP contribution < -0.4 is 0 Å². The fourth-order valence-corrected chi connectivity index (χ4v) is 1.10. The van der Waals surface area contributed by atoms with Crippen molar-refractivity contribution in [2.75, 3.05) is 0 Å². The molecule has 0 N–H and O–H groups in total. The largest absolute Gasteiger partial charge is 0.151 e. The molecule has 0 aliphatic carbocycles. The lowest BCUT2D eigenvalue weighted by Crippen LogP contribution is -1.62. The minimum atomic E-state index is 0. The van der Waals surface area contributed by atoms with E-state index in [9.17, 15) is 0 Å². The Balaban J connectivity index is 0.00000112. The number of azo groups is 1. The summed E-state index contributed by atoms with van der Waals surface area (Å²) in [7, 11) is 0. The third kappa shape index (κ3) is 3.64. The lowest BCUT2D eigenvalue weighted by Gasteiger charge is -1.91. The van der Waals surface area contributed by atoms with Crippen molar-refractivity contribution in [1.29, 1.82) is 0 Å². The average Bonchev–Trinajstić information content (AvgIpc) is 2.29. The number of nitrogens with zero attached hydrogens (tertiary/aromatic N) is 2. The van der Waals surface area contributed by atoms with Gasteiger partial charge in [0.25, 0.3) is 0 Å². The molecule has 0 amide bonds. The van der Waals surface area contributed by atoms with Gasteiger partial charge in [-0.25, -0.2) is 0 Å². The Hall–Kier alpha value is -1.48. The number of hydrogen-bond donors (Lipinski definition) is 0. The third-order valence-electron chi connectivity index (χ3n) is 1.79. The van der Waals surface area contributed by atoms with Crippen LogP contribution in [0, 0.1) is 0 Å². The second-order valence-corrected chi connectivity index (χ2v) is 2.87. The van der Waals surface area contributed by atoms with E-state index >= 15 is 0 Å². The summed E-state index contributed by atoms with van der Waals surface area (Å²) in [4.78, 5) is 0. The number of hydrogen-bond acceptors (Lipinski definition) is 2. The van der Waals surface area contributed by atoms with Crippen molar-refractivity contribution in [1.82, 2.24) is 0 Å². The lowest BCUT2D eigenvalue weighted by molar-refractivity contribution is 1.23. The fourth-order valence-electron chi connectivity index (χ4n) is 1.10. The van der Waals surface area contributed by atoms with E-state index in [-0.39, 0.29) is 17.0 Å². The van der Waals surface area contributed by atoms with Gasteiger partial charge in [0, 0.05) is 0 Å². The molecule has 0 aromatic heterocycles. The van der Waals surface area contributed by atoms with Gasteiger partial charge in [0.2, 0.25) is 0 Å². The molecule has 0 aliphatic rings. The van der Waals surface area contributed by atoms with E-state index in [4.69, 9.17) is 0 Å². The Morgan fingerprint density at radius 3 is 1.20 bits per heavy atom. The summed E-state index contributed by atoms with van der Waals surface area (Å²) in [6, 6.07) is 19.4. The summed E-state index contributed by atoms with van der Waals surface area (Å²) in [5.41, 5.74) is 1.74. The van der Waals surface area contributed by atoms with Gasteiger partial charge in [0.15, 0.2) is 0 Å². The molecule has 76 valence electrons. The van der Waals surface area contributed by atoms with Crippen molar-refractivity contribution in [3.63, 3.8) is 0 Å². The summed E-state index contributed by atoms with van der Waals surface area (Å²) in [6.07, 6.45) is 0. The predicted octanol–water partition coefficient (Wildman–Crippen LogP) is 4.68. The summed E-state index contributed by atoms with van der Waals surface area (Å²) in [5, 5.41) is 8.20. The van der Waals surface area contributed by atoms with Crippen LogP contribution in [0.3, 0.4) is 0 Å². The monoisotopic (exact) mass is 262 g/mol. The first kappa shape index (κ1) is 11.6. The van der Waals surface area contributed by atoms with Crippen LogP contribution in [-0.2, 0) is 0 Å². The standard InChI is InChI=1S/C12H10N2.BrH/c1-3-7-11(8-4-1)13-14-12-9-5-2-6-10-12;/h1-10H;1H. The van der Waals surface area contributed by atoms with Crippen LogP contribution in [0.1, 0.15) is 0 Å². The Bertz CT molecular complexity index is 371. The molecule has 0 heterocycles. The molecule has 0 bridgehead atoms. The van der Waals surface area contributed by atoms with E-state index < -0.39 is 0 Å². The zero-order valence-corrected chi connectivity index (χ0v) is 9.79. The molecule has 0 saturated heterocycles. The van der Waals surface area contributed by atoms with Gasteiger partial charge in [-0.2, -0.15) is 10.2 Å². The van der Waals surface area contributed by atoms with Gasteiger partial charge < -0.3 is 0 Å². The normalized spacial score (nSPS) is 9.87. The Morgan fingerprint density at radius 1 is 0.533 bits per heavy atom. The van der Waals surface area contributed by atoms with E-state index in [0.717, 1.165) is 11.4 Å². The maximum Gasteiger partial charge on any atom is 0.0857 e. The zero-order valence-electron chi connectivity index (χ0n) is 8.08. The second kappa shape index (κ2) is 6.09. The molecule has 0 unspecified atom stereocenters. The highest BCUT2D eigenvalue weighted by Crippen LogP contribution is 2.16. The Labute approximate surface area is 99.4 Å². The maximum absolute atomic E-state index is 4.10. The van der Waals surface area contributed by atoms with Crippen LogP contribution in [0.15, 0.2) is 70.9 Å². The van der Waals surface area contributed by atoms with Gasteiger partial charge in [-0.15, -0.1) is 17.0 Å². The smallest absolute Gasteiger partial charge is 0.0857 e. The van der Waals surface area contributed by atoms with E-state index in [0.29, 0.717) is 0 Å². The van der Waals surface area contributed by atoms with Crippen LogP contribution >= 0.6 is 17.0 Å². The van der Waals surface area contributed by atoms with Gasteiger partial charge in [0.1, 0.15) is 0 Å². The molecule has 2 rings (SSSR count). The van der Waals surface area contributed by atoms with Crippen LogP contribution in [0.5, 0.6) is 0 Å². The van der Waals surface area contributed by atoms with E-state index in [1.807, 2.05) is 60.7 Å². The van der Waals surface area contributed by atoms with Crippen molar-refractivity contribution >= 4 is 28.4 Å². The van der Waals surface area contributed by atoms with Crippen LogP contribution in [0.25, 0.3) is 0 Å². The fraction of sp³-hybridized carbons (Fsp3) is 0. The highest BCUT2D eigenvalue weighted by atomic mass is 79.9.